The average Bonchev–Trinajstić information content (AvgIpc) is 3.21. The van der Waals surface area contributed by atoms with Gasteiger partial charge in [0, 0.05) is 38.0 Å². The van der Waals surface area contributed by atoms with Crippen molar-refractivity contribution in [2.45, 2.75) is 11.4 Å². The molecule has 0 fully saturated rings. The zero-order valence-electron chi connectivity index (χ0n) is 16.4. The van der Waals surface area contributed by atoms with Crippen LogP contribution < -0.4 is 0 Å². The Kier molecular flexibility index (Phi) is 6.12. The molecule has 3 aromatic rings. The van der Waals surface area contributed by atoms with Crippen LogP contribution in [0, 0.1) is 0 Å². The van der Waals surface area contributed by atoms with E-state index in [-0.39, 0.29) is 10.8 Å². The highest BCUT2D eigenvalue weighted by molar-refractivity contribution is 7.89. The predicted molar refractivity (Wildman–Crippen MR) is 108 cm³/mol. The van der Waals surface area contributed by atoms with Crippen LogP contribution in [-0.2, 0) is 21.4 Å². The third-order valence-corrected chi connectivity index (χ3v) is 6.11. The van der Waals surface area contributed by atoms with Gasteiger partial charge >= 0.3 is 0 Å². The lowest BCUT2D eigenvalue weighted by atomic mass is 10.2. The number of carbonyl (C=O) groups is 1. The Balaban J connectivity index is 1.70. The largest absolute Gasteiger partial charge is 0.337 e. The smallest absolute Gasteiger partial charge is 0.264 e. The molecule has 0 atom stereocenters. The normalized spacial score (nSPS) is 11.6. The van der Waals surface area contributed by atoms with Crippen molar-refractivity contribution in [3.8, 4) is 5.69 Å². The van der Waals surface area contributed by atoms with E-state index in [1.807, 2.05) is 36.5 Å². The minimum atomic E-state index is -3.75. The van der Waals surface area contributed by atoms with Crippen molar-refractivity contribution in [1.29, 1.82) is 0 Å². The van der Waals surface area contributed by atoms with E-state index in [2.05, 4.69) is 5.10 Å². The number of rotatable bonds is 7. The highest BCUT2D eigenvalue weighted by Gasteiger charge is 2.21. The molecule has 0 radical (unpaired) electrons. The molecule has 29 heavy (non-hydrogen) atoms. The number of benzene rings is 2. The van der Waals surface area contributed by atoms with E-state index >= 15 is 0 Å². The first-order valence-electron chi connectivity index (χ1n) is 8.80. The molecule has 0 spiro atoms. The Hall–Kier alpha value is -3.01. The maximum absolute atomic E-state index is 12.7. The summed E-state index contributed by atoms with van der Waals surface area (Å²) >= 11 is 0. The second-order valence-corrected chi connectivity index (χ2v) is 8.35. The number of aromatic nitrogens is 2. The van der Waals surface area contributed by atoms with Crippen molar-refractivity contribution in [1.82, 2.24) is 19.1 Å². The van der Waals surface area contributed by atoms with E-state index in [4.69, 9.17) is 4.84 Å². The standard InChI is InChI=1S/C20H22N4O4S/c1-22(14-16-13-21-24(15-16)18-7-5-4-6-8-18)20(25)17-9-11-19(12-10-17)29(26,27)23(2)28-3/h4-13,15H,14H2,1-3H3. The number of para-hydroxylation sites is 1. The summed E-state index contributed by atoms with van der Waals surface area (Å²) in [7, 11) is 0.509. The maximum Gasteiger partial charge on any atom is 0.264 e. The lowest BCUT2D eigenvalue weighted by molar-refractivity contribution is -0.0258. The average molecular weight is 414 g/mol. The third-order valence-electron chi connectivity index (χ3n) is 4.42. The van der Waals surface area contributed by atoms with Crippen molar-refractivity contribution in [2.75, 3.05) is 21.2 Å². The number of hydrogen-bond acceptors (Lipinski definition) is 5. The van der Waals surface area contributed by atoms with Crippen LogP contribution in [0.15, 0.2) is 71.9 Å². The SMILES string of the molecule is CON(C)S(=O)(=O)c1ccc(C(=O)N(C)Cc2cnn(-c3ccccc3)c2)cc1. The lowest BCUT2D eigenvalue weighted by Crippen LogP contribution is -2.27. The fourth-order valence-electron chi connectivity index (χ4n) is 2.75. The van der Waals surface area contributed by atoms with Gasteiger partial charge in [-0.3, -0.25) is 9.63 Å². The van der Waals surface area contributed by atoms with Crippen LogP contribution in [0.25, 0.3) is 5.69 Å². The van der Waals surface area contributed by atoms with E-state index in [0.29, 0.717) is 12.1 Å². The van der Waals surface area contributed by atoms with Crippen LogP contribution in [0.5, 0.6) is 0 Å². The summed E-state index contributed by atoms with van der Waals surface area (Å²) in [6, 6.07) is 15.4. The van der Waals surface area contributed by atoms with Gasteiger partial charge in [-0.15, -0.1) is 0 Å². The van der Waals surface area contributed by atoms with Crippen molar-refractivity contribution in [2.24, 2.45) is 0 Å². The molecule has 9 heteroatoms. The van der Waals surface area contributed by atoms with Crippen LogP contribution in [0.3, 0.4) is 0 Å². The monoisotopic (exact) mass is 414 g/mol. The summed E-state index contributed by atoms with van der Waals surface area (Å²) in [5.74, 6) is -0.221. The highest BCUT2D eigenvalue weighted by Crippen LogP contribution is 2.17. The van der Waals surface area contributed by atoms with Gasteiger partial charge in [0.2, 0.25) is 0 Å². The first-order chi connectivity index (χ1) is 13.8. The number of nitrogens with zero attached hydrogens (tertiary/aromatic N) is 4. The van der Waals surface area contributed by atoms with Gasteiger partial charge in [0.05, 0.1) is 23.9 Å². The fourth-order valence-corrected chi connectivity index (χ4v) is 3.72. The summed E-state index contributed by atoms with van der Waals surface area (Å²) in [4.78, 5) is 19.0. The number of amides is 1. The molecular formula is C20H22N4O4S. The second-order valence-electron chi connectivity index (χ2n) is 6.41. The minimum absolute atomic E-state index is 0.0465. The Morgan fingerprint density at radius 2 is 1.72 bits per heavy atom. The summed E-state index contributed by atoms with van der Waals surface area (Å²) in [5, 5.41) is 4.33. The molecule has 2 aromatic carbocycles. The molecule has 0 bridgehead atoms. The molecule has 1 amide bonds. The van der Waals surface area contributed by atoms with Crippen LogP contribution in [-0.4, -0.2) is 54.7 Å². The van der Waals surface area contributed by atoms with E-state index in [0.717, 1.165) is 15.7 Å². The van der Waals surface area contributed by atoms with Gasteiger partial charge in [-0.05, 0) is 36.4 Å². The van der Waals surface area contributed by atoms with Gasteiger partial charge in [-0.2, -0.15) is 5.10 Å². The molecule has 0 unspecified atom stereocenters. The van der Waals surface area contributed by atoms with Gasteiger partial charge in [0.25, 0.3) is 15.9 Å². The van der Waals surface area contributed by atoms with Gasteiger partial charge in [0.1, 0.15) is 0 Å². The van der Waals surface area contributed by atoms with E-state index in [9.17, 15) is 13.2 Å². The number of hydroxylamine groups is 1. The number of hydrogen-bond donors (Lipinski definition) is 0. The van der Waals surface area contributed by atoms with Gasteiger partial charge in [-0.25, -0.2) is 13.1 Å². The van der Waals surface area contributed by atoms with Gasteiger partial charge in [0.15, 0.2) is 0 Å². The third kappa shape index (κ3) is 4.53. The molecule has 1 aromatic heterocycles. The highest BCUT2D eigenvalue weighted by atomic mass is 32.2. The molecule has 0 saturated carbocycles. The van der Waals surface area contributed by atoms with Crippen LogP contribution in [0.2, 0.25) is 0 Å². The Labute approximate surface area is 169 Å². The summed E-state index contributed by atoms with van der Waals surface area (Å²) in [6.45, 7) is 0.373. The number of sulfonamides is 1. The van der Waals surface area contributed by atoms with Crippen LogP contribution >= 0.6 is 0 Å². The van der Waals surface area contributed by atoms with Crippen molar-refractivity contribution < 1.29 is 18.0 Å². The van der Waals surface area contributed by atoms with Gasteiger partial charge in [-0.1, -0.05) is 22.7 Å². The van der Waals surface area contributed by atoms with Crippen molar-refractivity contribution in [3.05, 3.63) is 78.1 Å². The van der Waals surface area contributed by atoms with Crippen LogP contribution in [0.4, 0.5) is 0 Å². The molecule has 0 aliphatic heterocycles. The first-order valence-corrected chi connectivity index (χ1v) is 10.2. The van der Waals surface area contributed by atoms with Crippen LogP contribution in [0.1, 0.15) is 15.9 Å². The Morgan fingerprint density at radius 3 is 2.34 bits per heavy atom. The molecule has 1 heterocycles. The second kappa shape index (κ2) is 8.56. The summed E-state index contributed by atoms with van der Waals surface area (Å²) < 4.78 is 27.0. The molecule has 0 saturated heterocycles. The zero-order valence-corrected chi connectivity index (χ0v) is 17.2. The number of carbonyl (C=O) groups excluding carboxylic acids is 1. The fraction of sp³-hybridized carbons (Fsp3) is 0.200. The molecule has 152 valence electrons. The summed E-state index contributed by atoms with van der Waals surface area (Å²) in [5.41, 5.74) is 2.21. The quantitative estimate of drug-likeness (QED) is 0.554. The summed E-state index contributed by atoms with van der Waals surface area (Å²) in [6.07, 6.45) is 3.59. The molecule has 0 aliphatic rings. The van der Waals surface area contributed by atoms with E-state index in [1.165, 1.54) is 38.4 Å². The Bertz CT molecular complexity index is 1080. The van der Waals surface area contributed by atoms with E-state index < -0.39 is 10.0 Å². The molecule has 0 N–H and O–H groups in total. The van der Waals surface area contributed by atoms with Gasteiger partial charge < -0.3 is 4.90 Å². The minimum Gasteiger partial charge on any atom is -0.337 e. The topological polar surface area (TPSA) is 84.7 Å². The lowest BCUT2D eigenvalue weighted by Gasteiger charge is -2.17. The Morgan fingerprint density at radius 1 is 1.07 bits per heavy atom. The van der Waals surface area contributed by atoms with Crippen molar-refractivity contribution >= 4 is 15.9 Å². The first kappa shape index (κ1) is 20.7. The molecule has 3 rings (SSSR count). The van der Waals surface area contributed by atoms with E-state index in [1.54, 1.807) is 22.8 Å². The maximum atomic E-state index is 12.7. The predicted octanol–water partition coefficient (Wildman–Crippen LogP) is 2.33. The molecular weight excluding hydrogens is 392 g/mol. The molecule has 0 aliphatic carbocycles. The zero-order chi connectivity index (χ0) is 21.0. The molecule has 8 nitrogen and oxygen atoms in total. The van der Waals surface area contributed by atoms with Crippen molar-refractivity contribution in [3.63, 3.8) is 0 Å².